The summed E-state index contributed by atoms with van der Waals surface area (Å²) in [6, 6.07) is 6.97. The SMILES string of the molecule is CC(C)CN1C(=O)c2ccccc2C1=O.CS(=O)O. The summed E-state index contributed by atoms with van der Waals surface area (Å²) in [6.07, 6.45) is 1.19. The van der Waals surface area contributed by atoms with E-state index in [0.29, 0.717) is 23.6 Å². The molecule has 1 aromatic rings. The highest BCUT2D eigenvalue weighted by molar-refractivity contribution is 7.78. The van der Waals surface area contributed by atoms with Gasteiger partial charge in [0.1, 0.15) is 11.1 Å². The van der Waals surface area contributed by atoms with Gasteiger partial charge in [0.15, 0.2) is 0 Å². The summed E-state index contributed by atoms with van der Waals surface area (Å²) in [5.41, 5.74) is 1.06. The van der Waals surface area contributed by atoms with Crippen molar-refractivity contribution in [2.75, 3.05) is 12.8 Å². The first-order valence-corrected chi connectivity index (χ1v) is 7.33. The third kappa shape index (κ3) is 3.97. The second-order valence-corrected chi connectivity index (χ2v) is 5.43. The lowest BCUT2D eigenvalue weighted by Gasteiger charge is -2.15. The summed E-state index contributed by atoms with van der Waals surface area (Å²) < 4.78 is 16.6. The van der Waals surface area contributed by atoms with Crippen LogP contribution in [0.25, 0.3) is 0 Å². The molecule has 2 amide bonds. The number of hydrogen-bond donors (Lipinski definition) is 1. The molecule has 0 saturated heterocycles. The Kier molecular flexibility index (Phi) is 5.38. The van der Waals surface area contributed by atoms with Gasteiger partial charge in [-0.3, -0.25) is 14.5 Å². The van der Waals surface area contributed by atoms with Crippen LogP contribution in [0.3, 0.4) is 0 Å². The lowest BCUT2D eigenvalue weighted by molar-refractivity contribution is 0.0636. The molecule has 6 heteroatoms. The van der Waals surface area contributed by atoms with Crippen LogP contribution >= 0.6 is 0 Å². The lowest BCUT2D eigenvalue weighted by atomic mass is 10.1. The zero-order valence-electron chi connectivity index (χ0n) is 11.1. The molecule has 1 unspecified atom stereocenters. The Balaban J connectivity index is 0.000000399. The number of nitrogens with zero attached hydrogens (tertiary/aromatic N) is 1. The van der Waals surface area contributed by atoms with E-state index in [4.69, 9.17) is 8.76 Å². The Bertz CT molecular complexity index is 474. The fourth-order valence-corrected chi connectivity index (χ4v) is 1.77. The average molecular weight is 283 g/mol. The minimum Gasteiger partial charge on any atom is -0.306 e. The van der Waals surface area contributed by atoms with Crippen LogP contribution in [-0.2, 0) is 11.1 Å². The van der Waals surface area contributed by atoms with Gasteiger partial charge in [-0.2, -0.15) is 0 Å². The van der Waals surface area contributed by atoms with Crippen LogP contribution in [-0.4, -0.2) is 38.3 Å². The first-order chi connectivity index (χ1) is 8.84. The minimum atomic E-state index is -1.61. The number of rotatable bonds is 2. The minimum absolute atomic E-state index is 0.163. The van der Waals surface area contributed by atoms with E-state index >= 15 is 0 Å². The van der Waals surface area contributed by atoms with Crippen LogP contribution in [0, 0.1) is 5.92 Å². The summed E-state index contributed by atoms with van der Waals surface area (Å²) in [4.78, 5) is 25.0. The van der Waals surface area contributed by atoms with Crippen molar-refractivity contribution in [1.29, 1.82) is 0 Å². The molecule has 2 rings (SSSR count). The smallest absolute Gasteiger partial charge is 0.261 e. The largest absolute Gasteiger partial charge is 0.306 e. The van der Waals surface area contributed by atoms with E-state index in [9.17, 15) is 9.59 Å². The van der Waals surface area contributed by atoms with Gasteiger partial charge in [0.2, 0.25) is 0 Å². The van der Waals surface area contributed by atoms with E-state index in [-0.39, 0.29) is 11.8 Å². The number of imide groups is 1. The quantitative estimate of drug-likeness (QED) is 0.663. The maximum atomic E-state index is 11.8. The van der Waals surface area contributed by atoms with Gasteiger partial charge < -0.3 is 4.55 Å². The van der Waals surface area contributed by atoms with E-state index in [0.717, 1.165) is 0 Å². The standard InChI is InChI=1S/C12H13NO2.CH4O2S/c1-8(2)7-13-11(14)9-5-3-4-6-10(9)12(13)15;1-4(2)3/h3-6,8H,7H2,1-2H3;1H3,(H,2,3). The van der Waals surface area contributed by atoms with Crippen molar-refractivity contribution in [3.05, 3.63) is 35.4 Å². The molecule has 0 spiro atoms. The molecule has 1 aromatic carbocycles. The van der Waals surface area contributed by atoms with Gasteiger partial charge >= 0.3 is 0 Å². The van der Waals surface area contributed by atoms with Gasteiger partial charge in [-0.25, -0.2) is 4.21 Å². The molecule has 0 aromatic heterocycles. The number of carbonyl (C=O) groups excluding carboxylic acids is 2. The number of amides is 2. The molecular formula is C13H17NO4S. The van der Waals surface area contributed by atoms with Crippen molar-refractivity contribution >= 4 is 22.9 Å². The third-order valence-electron chi connectivity index (χ3n) is 2.43. The molecule has 1 atom stereocenters. The molecule has 0 bridgehead atoms. The molecule has 1 aliphatic heterocycles. The van der Waals surface area contributed by atoms with Gasteiger partial charge in [-0.05, 0) is 18.1 Å². The fourth-order valence-electron chi connectivity index (χ4n) is 1.77. The highest BCUT2D eigenvalue weighted by atomic mass is 32.2. The van der Waals surface area contributed by atoms with E-state index < -0.39 is 11.1 Å². The highest BCUT2D eigenvalue weighted by Gasteiger charge is 2.34. The third-order valence-corrected chi connectivity index (χ3v) is 2.43. The molecule has 104 valence electrons. The molecule has 5 nitrogen and oxygen atoms in total. The highest BCUT2D eigenvalue weighted by Crippen LogP contribution is 2.22. The van der Waals surface area contributed by atoms with Crippen LogP contribution in [0.1, 0.15) is 34.6 Å². The first-order valence-electron chi connectivity index (χ1n) is 5.82. The topological polar surface area (TPSA) is 74.7 Å². The molecule has 0 fully saturated rings. The Morgan fingerprint density at radius 3 is 1.84 bits per heavy atom. The van der Waals surface area contributed by atoms with Crippen molar-refractivity contribution in [3.8, 4) is 0 Å². The van der Waals surface area contributed by atoms with E-state index in [1.165, 1.54) is 11.2 Å². The normalized spacial score (nSPS) is 15.1. The van der Waals surface area contributed by atoms with Gasteiger partial charge in [-0.1, -0.05) is 26.0 Å². The predicted molar refractivity (Wildman–Crippen MR) is 73.3 cm³/mol. The maximum absolute atomic E-state index is 11.8. The van der Waals surface area contributed by atoms with Crippen molar-refractivity contribution in [2.24, 2.45) is 5.92 Å². The fraction of sp³-hybridized carbons (Fsp3) is 0.385. The second kappa shape index (κ2) is 6.58. The monoisotopic (exact) mass is 283 g/mol. The number of hydrogen-bond acceptors (Lipinski definition) is 3. The number of benzene rings is 1. The second-order valence-electron chi connectivity index (χ2n) is 4.58. The van der Waals surface area contributed by atoms with Gasteiger partial charge in [0, 0.05) is 12.8 Å². The molecule has 1 heterocycles. The lowest BCUT2D eigenvalue weighted by Crippen LogP contribution is -2.33. The Labute approximate surface area is 114 Å². The number of fused-ring (bicyclic) bond motifs is 1. The zero-order chi connectivity index (χ0) is 14.6. The van der Waals surface area contributed by atoms with E-state index in [1.807, 2.05) is 13.8 Å². The van der Waals surface area contributed by atoms with E-state index in [2.05, 4.69) is 0 Å². The van der Waals surface area contributed by atoms with Crippen molar-refractivity contribution in [2.45, 2.75) is 13.8 Å². The summed E-state index contributed by atoms with van der Waals surface area (Å²) in [5.74, 6) is -0.0270. The van der Waals surface area contributed by atoms with Crippen LogP contribution in [0.5, 0.6) is 0 Å². The first kappa shape index (κ1) is 15.5. The molecule has 0 aliphatic carbocycles. The van der Waals surface area contributed by atoms with Crippen LogP contribution in [0.2, 0.25) is 0 Å². The zero-order valence-corrected chi connectivity index (χ0v) is 11.9. The van der Waals surface area contributed by atoms with Crippen LogP contribution in [0.4, 0.5) is 0 Å². The Hall–Kier alpha value is -1.53. The maximum Gasteiger partial charge on any atom is 0.261 e. The molecular weight excluding hydrogens is 266 g/mol. The van der Waals surface area contributed by atoms with Crippen molar-refractivity contribution in [3.63, 3.8) is 0 Å². The molecule has 0 radical (unpaired) electrons. The van der Waals surface area contributed by atoms with E-state index in [1.54, 1.807) is 24.3 Å². The average Bonchev–Trinajstić information content (AvgIpc) is 2.54. The number of carbonyl (C=O) groups is 2. The van der Waals surface area contributed by atoms with Gasteiger partial charge in [-0.15, -0.1) is 0 Å². The van der Waals surface area contributed by atoms with Crippen molar-refractivity contribution < 1.29 is 18.4 Å². The Morgan fingerprint density at radius 1 is 1.16 bits per heavy atom. The van der Waals surface area contributed by atoms with Crippen LogP contribution in [0.15, 0.2) is 24.3 Å². The molecule has 1 aliphatic rings. The summed E-state index contributed by atoms with van der Waals surface area (Å²) in [5, 5.41) is 0. The summed E-state index contributed by atoms with van der Waals surface area (Å²) in [7, 11) is 0. The van der Waals surface area contributed by atoms with Crippen molar-refractivity contribution in [1.82, 2.24) is 4.90 Å². The molecule has 0 saturated carbocycles. The molecule has 1 N–H and O–H groups in total. The van der Waals surface area contributed by atoms with Crippen LogP contribution < -0.4 is 0 Å². The predicted octanol–water partition coefficient (Wildman–Crippen LogP) is 1.78. The van der Waals surface area contributed by atoms with Gasteiger partial charge in [0.05, 0.1) is 11.1 Å². The Morgan fingerprint density at radius 2 is 1.53 bits per heavy atom. The van der Waals surface area contributed by atoms with Gasteiger partial charge in [0.25, 0.3) is 11.8 Å². The summed E-state index contributed by atoms with van der Waals surface area (Å²) >= 11 is -1.61. The molecule has 19 heavy (non-hydrogen) atoms. The summed E-state index contributed by atoms with van der Waals surface area (Å²) in [6.45, 7) is 4.47.